The molecule has 0 aliphatic heterocycles. The second-order valence-electron chi connectivity index (χ2n) is 2.16. The van der Waals surface area contributed by atoms with Crippen molar-refractivity contribution in [1.29, 1.82) is 0 Å². The zero-order valence-electron chi connectivity index (χ0n) is 5.83. The summed E-state index contributed by atoms with van der Waals surface area (Å²) in [5, 5.41) is 0.716. The lowest BCUT2D eigenvalue weighted by atomic mass is 10.3. The number of pyridine rings is 1. The number of hydrogen-bond donors (Lipinski definition) is 0. The molecular formula is C7H3ClFN3. The topological polar surface area (TPSA) is 38.7 Å². The van der Waals surface area contributed by atoms with Crippen molar-refractivity contribution in [2.45, 2.75) is 0 Å². The van der Waals surface area contributed by atoms with Crippen LogP contribution in [0.15, 0.2) is 18.6 Å². The summed E-state index contributed by atoms with van der Waals surface area (Å²) in [6.45, 7) is 0. The first-order valence-electron chi connectivity index (χ1n) is 3.20. The van der Waals surface area contributed by atoms with E-state index in [9.17, 15) is 4.39 Å². The lowest BCUT2D eigenvalue weighted by molar-refractivity contribution is 0.593. The average molecular weight is 184 g/mol. The van der Waals surface area contributed by atoms with E-state index >= 15 is 0 Å². The maximum atomic E-state index is 12.9. The van der Waals surface area contributed by atoms with Crippen molar-refractivity contribution < 1.29 is 4.39 Å². The molecule has 0 unspecified atom stereocenters. The van der Waals surface area contributed by atoms with E-state index in [2.05, 4.69) is 15.0 Å². The number of nitrogens with zero attached hydrogens (tertiary/aromatic N) is 3. The Balaban J connectivity index is 2.94. The Labute approximate surface area is 72.2 Å². The minimum absolute atomic E-state index is 0.150. The summed E-state index contributed by atoms with van der Waals surface area (Å²) in [4.78, 5) is 10.8. The summed E-state index contributed by atoms with van der Waals surface area (Å²) in [6, 6.07) is 1.57. The number of hydrogen-bond acceptors (Lipinski definition) is 3. The molecule has 0 aliphatic carbocycles. The summed E-state index contributed by atoms with van der Waals surface area (Å²) in [6.07, 6.45) is 2.53. The lowest BCUT2D eigenvalue weighted by Gasteiger charge is -1.96. The van der Waals surface area contributed by atoms with Crippen LogP contribution in [0.25, 0.3) is 10.9 Å². The van der Waals surface area contributed by atoms with E-state index in [0.717, 1.165) is 0 Å². The minimum Gasteiger partial charge on any atom is -0.231 e. The van der Waals surface area contributed by atoms with Gasteiger partial charge in [0.05, 0.1) is 0 Å². The Morgan fingerprint density at radius 2 is 2.08 bits per heavy atom. The van der Waals surface area contributed by atoms with E-state index in [4.69, 9.17) is 11.6 Å². The highest BCUT2D eigenvalue weighted by atomic mass is 35.5. The Bertz CT molecular complexity index is 391. The predicted molar refractivity (Wildman–Crippen MR) is 42.3 cm³/mol. The van der Waals surface area contributed by atoms with Crippen LogP contribution in [-0.2, 0) is 0 Å². The second kappa shape index (κ2) is 2.64. The van der Waals surface area contributed by atoms with Crippen LogP contribution in [-0.4, -0.2) is 15.0 Å². The molecule has 0 bridgehead atoms. The van der Waals surface area contributed by atoms with Gasteiger partial charge in [-0.2, -0.15) is 4.39 Å². The molecule has 0 saturated heterocycles. The number of fused-ring (bicyclic) bond motifs is 1. The zero-order chi connectivity index (χ0) is 8.55. The molecule has 0 atom stereocenters. The molecule has 2 aromatic heterocycles. The number of aromatic nitrogens is 3. The zero-order valence-corrected chi connectivity index (χ0v) is 6.59. The Morgan fingerprint density at radius 3 is 2.83 bits per heavy atom. The third-order valence-corrected chi connectivity index (χ3v) is 1.76. The maximum absolute atomic E-state index is 12.9. The van der Waals surface area contributed by atoms with Crippen LogP contribution in [0.5, 0.6) is 0 Å². The van der Waals surface area contributed by atoms with Gasteiger partial charge in [0.1, 0.15) is 17.0 Å². The molecule has 12 heavy (non-hydrogen) atoms. The van der Waals surface area contributed by atoms with Crippen LogP contribution >= 0.6 is 11.6 Å². The first-order chi connectivity index (χ1) is 5.79. The van der Waals surface area contributed by atoms with E-state index in [1.165, 1.54) is 12.5 Å². The van der Waals surface area contributed by atoms with Crippen LogP contribution in [0.4, 0.5) is 4.39 Å². The van der Waals surface area contributed by atoms with Crippen LogP contribution in [0.2, 0.25) is 5.15 Å². The molecule has 2 heterocycles. The van der Waals surface area contributed by atoms with Gasteiger partial charge in [0.25, 0.3) is 0 Å². The van der Waals surface area contributed by atoms with Gasteiger partial charge in [-0.05, 0) is 6.07 Å². The Hall–Kier alpha value is -1.29. The van der Waals surface area contributed by atoms with Gasteiger partial charge in [0, 0.05) is 11.6 Å². The standard InChI is InChI=1S/C7H3ClFN3/c8-6-4-1-2-10-7(9)5(4)11-3-12-6/h1-3H. The predicted octanol–water partition coefficient (Wildman–Crippen LogP) is 1.82. The smallest absolute Gasteiger partial charge is 0.231 e. The second-order valence-corrected chi connectivity index (χ2v) is 2.52. The van der Waals surface area contributed by atoms with E-state index < -0.39 is 5.95 Å². The highest BCUT2D eigenvalue weighted by Crippen LogP contribution is 2.18. The largest absolute Gasteiger partial charge is 0.239 e. The normalized spacial score (nSPS) is 10.5. The molecule has 0 aromatic carbocycles. The van der Waals surface area contributed by atoms with Crippen molar-refractivity contribution in [3.05, 3.63) is 29.7 Å². The van der Waals surface area contributed by atoms with Crippen molar-refractivity contribution in [3.8, 4) is 0 Å². The molecule has 0 saturated carbocycles. The first-order valence-corrected chi connectivity index (χ1v) is 3.57. The molecule has 2 rings (SSSR count). The molecule has 0 aliphatic rings. The summed E-state index contributed by atoms with van der Waals surface area (Å²) >= 11 is 5.68. The third-order valence-electron chi connectivity index (χ3n) is 1.46. The molecule has 60 valence electrons. The Kier molecular flexibility index (Phi) is 1.62. The van der Waals surface area contributed by atoms with Crippen molar-refractivity contribution in [3.63, 3.8) is 0 Å². The minimum atomic E-state index is -0.628. The fourth-order valence-electron chi connectivity index (χ4n) is 0.925. The third kappa shape index (κ3) is 1.00. The molecular weight excluding hydrogens is 181 g/mol. The van der Waals surface area contributed by atoms with Crippen LogP contribution in [0.3, 0.4) is 0 Å². The Morgan fingerprint density at radius 1 is 1.25 bits per heavy atom. The number of rotatable bonds is 0. The quantitative estimate of drug-likeness (QED) is 0.462. The highest BCUT2D eigenvalue weighted by molar-refractivity contribution is 6.33. The molecule has 5 heteroatoms. The van der Waals surface area contributed by atoms with Gasteiger partial charge in [0.15, 0.2) is 0 Å². The fourth-order valence-corrected chi connectivity index (χ4v) is 1.12. The lowest BCUT2D eigenvalue weighted by Crippen LogP contribution is -1.89. The van der Waals surface area contributed by atoms with Crippen molar-refractivity contribution in [2.75, 3.05) is 0 Å². The van der Waals surface area contributed by atoms with Gasteiger partial charge >= 0.3 is 0 Å². The summed E-state index contributed by atoms with van der Waals surface area (Å²) in [7, 11) is 0. The monoisotopic (exact) mass is 183 g/mol. The van der Waals surface area contributed by atoms with E-state index in [-0.39, 0.29) is 10.7 Å². The van der Waals surface area contributed by atoms with Crippen molar-refractivity contribution in [2.24, 2.45) is 0 Å². The molecule has 0 N–H and O–H groups in total. The summed E-state index contributed by atoms with van der Waals surface area (Å²) in [5.41, 5.74) is 0.150. The fraction of sp³-hybridized carbons (Fsp3) is 0. The number of halogens is 2. The van der Waals surface area contributed by atoms with Gasteiger partial charge in [-0.15, -0.1) is 0 Å². The van der Waals surface area contributed by atoms with Gasteiger partial charge in [0.2, 0.25) is 5.95 Å². The van der Waals surface area contributed by atoms with E-state index in [1.807, 2.05) is 0 Å². The van der Waals surface area contributed by atoms with Gasteiger partial charge in [-0.3, -0.25) is 0 Å². The molecule has 3 nitrogen and oxygen atoms in total. The summed E-state index contributed by atoms with van der Waals surface area (Å²) in [5.74, 6) is -0.628. The highest BCUT2D eigenvalue weighted by Gasteiger charge is 2.05. The van der Waals surface area contributed by atoms with Crippen molar-refractivity contribution in [1.82, 2.24) is 15.0 Å². The molecule has 2 aromatic rings. The van der Waals surface area contributed by atoms with E-state index in [1.54, 1.807) is 6.07 Å². The van der Waals surface area contributed by atoms with Crippen molar-refractivity contribution >= 4 is 22.5 Å². The average Bonchev–Trinajstić information content (AvgIpc) is 2.07. The van der Waals surface area contributed by atoms with Gasteiger partial charge in [-0.1, -0.05) is 11.6 Å². The SMILES string of the molecule is Fc1nccc2c(Cl)ncnc12. The van der Waals surface area contributed by atoms with Crippen LogP contribution in [0, 0.1) is 5.95 Å². The van der Waals surface area contributed by atoms with Gasteiger partial charge in [-0.25, -0.2) is 15.0 Å². The first kappa shape index (κ1) is 7.36. The molecule has 0 amide bonds. The van der Waals surface area contributed by atoms with E-state index in [0.29, 0.717) is 5.39 Å². The molecule has 0 fully saturated rings. The molecule has 0 spiro atoms. The maximum Gasteiger partial charge on any atom is 0.239 e. The molecule has 0 radical (unpaired) electrons. The van der Waals surface area contributed by atoms with Crippen LogP contribution in [0.1, 0.15) is 0 Å². The van der Waals surface area contributed by atoms with Gasteiger partial charge < -0.3 is 0 Å². The summed E-state index contributed by atoms with van der Waals surface area (Å²) < 4.78 is 12.9. The van der Waals surface area contributed by atoms with Crippen LogP contribution < -0.4 is 0 Å².